The van der Waals surface area contributed by atoms with E-state index in [0.29, 0.717) is 0 Å². The largest absolute Gasteiger partial charge is 0.152 e. The Balaban J connectivity index is 1.85. The monoisotopic (exact) mass is 242 g/mol. The maximum Gasteiger partial charge on any atom is -0.00178 e. The number of hydrogen-bond acceptors (Lipinski definition) is 1. The summed E-state index contributed by atoms with van der Waals surface area (Å²) in [4.78, 5) is 0. The van der Waals surface area contributed by atoms with Crippen LogP contribution in [0.1, 0.15) is 31.7 Å². The van der Waals surface area contributed by atoms with Gasteiger partial charge in [0.1, 0.15) is 0 Å². The minimum Gasteiger partial charge on any atom is -0.152 e. The molecule has 17 heavy (non-hydrogen) atoms. The molecule has 2 bridgehead atoms. The average molecular weight is 242 g/mol. The molecule has 0 aromatic carbocycles. The lowest BCUT2D eigenvalue weighted by atomic mass is 9.58. The third-order valence-electron chi connectivity index (χ3n) is 5.17. The summed E-state index contributed by atoms with van der Waals surface area (Å²) in [5.41, 5.74) is 6.10. The summed E-state index contributed by atoms with van der Waals surface area (Å²) in [7, 11) is 0. The quantitative estimate of drug-likeness (QED) is 0.702. The van der Waals surface area contributed by atoms with Crippen LogP contribution in [-0.4, -0.2) is 0 Å². The fraction of sp³-hybridized carbons (Fsp3) is 0.500. The summed E-state index contributed by atoms with van der Waals surface area (Å²) in [6.45, 7) is 6.43. The van der Waals surface area contributed by atoms with E-state index in [9.17, 15) is 0 Å². The van der Waals surface area contributed by atoms with Crippen molar-refractivity contribution in [2.45, 2.75) is 26.2 Å². The van der Waals surface area contributed by atoms with Crippen LogP contribution in [-0.2, 0) is 0 Å². The van der Waals surface area contributed by atoms with Crippen LogP contribution in [0.3, 0.4) is 0 Å². The number of thiophene rings is 1. The van der Waals surface area contributed by atoms with Crippen molar-refractivity contribution in [2.75, 3.05) is 0 Å². The molecule has 4 rings (SSSR count). The van der Waals surface area contributed by atoms with E-state index in [1.807, 2.05) is 11.3 Å². The van der Waals surface area contributed by atoms with Gasteiger partial charge in [-0.05, 0) is 83.4 Å². The minimum atomic E-state index is 0.876. The van der Waals surface area contributed by atoms with E-state index in [-0.39, 0.29) is 0 Å². The molecule has 0 spiro atoms. The normalized spacial score (nSPS) is 38.2. The molecule has 2 saturated carbocycles. The SMILES string of the molecule is C=C(C)C1=C(c2ccsc2)[C@@H]2[C@H]3CC[C@H](C3)[C@H]12. The van der Waals surface area contributed by atoms with E-state index in [2.05, 4.69) is 30.3 Å². The molecule has 1 aromatic heterocycles. The van der Waals surface area contributed by atoms with Crippen LogP contribution in [0.15, 0.2) is 34.6 Å². The van der Waals surface area contributed by atoms with Gasteiger partial charge in [0.15, 0.2) is 0 Å². The molecule has 0 amide bonds. The van der Waals surface area contributed by atoms with Crippen LogP contribution in [0.4, 0.5) is 0 Å². The zero-order chi connectivity index (χ0) is 11.6. The fourth-order valence-electron chi connectivity index (χ4n) is 4.66. The van der Waals surface area contributed by atoms with Gasteiger partial charge in [-0.25, -0.2) is 0 Å². The molecular weight excluding hydrogens is 224 g/mol. The lowest BCUT2D eigenvalue weighted by Gasteiger charge is -2.45. The number of rotatable bonds is 2. The van der Waals surface area contributed by atoms with E-state index in [1.54, 1.807) is 11.1 Å². The Hall–Kier alpha value is -0.820. The van der Waals surface area contributed by atoms with Gasteiger partial charge in [0.25, 0.3) is 0 Å². The van der Waals surface area contributed by atoms with E-state index in [0.717, 1.165) is 23.7 Å². The average Bonchev–Trinajstić information content (AvgIpc) is 2.91. The van der Waals surface area contributed by atoms with Crippen LogP contribution in [0.5, 0.6) is 0 Å². The molecule has 1 heterocycles. The van der Waals surface area contributed by atoms with Crippen LogP contribution < -0.4 is 0 Å². The van der Waals surface area contributed by atoms with Gasteiger partial charge >= 0.3 is 0 Å². The number of allylic oxidation sites excluding steroid dienone is 3. The second-order valence-electron chi connectivity index (χ2n) is 6.00. The van der Waals surface area contributed by atoms with Gasteiger partial charge in [0.05, 0.1) is 0 Å². The first kappa shape index (κ1) is 10.1. The molecule has 4 atom stereocenters. The van der Waals surface area contributed by atoms with Crippen molar-refractivity contribution in [1.82, 2.24) is 0 Å². The molecule has 88 valence electrons. The van der Waals surface area contributed by atoms with Gasteiger partial charge in [0.2, 0.25) is 0 Å². The lowest BCUT2D eigenvalue weighted by molar-refractivity contribution is 0.284. The first-order valence-corrected chi connectivity index (χ1v) is 7.64. The highest BCUT2D eigenvalue weighted by Gasteiger charge is 2.56. The van der Waals surface area contributed by atoms with Crippen molar-refractivity contribution >= 4 is 16.9 Å². The molecule has 2 fully saturated rings. The van der Waals surface area contributed by atoms with Crippen LogP contribution in [0.2, 0.25) is 0 Å². The van der Waals surface area contributed by atoms with Gasteiger partial charge in [-0.15, -0.1) is 0 Å². The Morgan fingerprint density at radius 3 is 2.71 bits per heavy atom. The van der Waals surface area contributed by atoms with Gasteiger partial charge in [-0.2, -0.15) is 11.3 Å². The van der Waals surface area contributed by atoms with Crippen molar-refractivity contribution < 1.29 is 0 Å². The second kappa shape index (κ2) is 3.35. The zero-order valence-corrected chi connectivity index (χ0v) is 11.1. The summed E-state index contributed by atoms with van der Waals surface area (Å²) in [5.74, 6) is 3.73. The molecule has 1 heteroatoms. The predicted octanol–water partition coefficient (Wildman–Crippen LogP) is 4.75. The van der Waals surface area contributed by atoms with Crippen LogP contribution in [0, 0.1) is 23.7 Å². The molecule has 3 aliphatic rings. The van der Waals surface area contributed by atoms with Crippen molar-refractivity contribution in [3.63, 3.8) is 0 Å². The van der Waals surface area contributed by atoms with Crippen LogP contribution in [0.25, 0.3) is 5.57 Å². The number of hydrogen-bond donors (Lipinski definition) is 0. The summed E-state index contributed by atoms with van der Waals surface area (Å²) in [6.07, 6.45) is 4.43. The standard InChI is InChI=1S/C16H18S/c1-9(2)13-14-10-3-4-11(7-10)15(14)16(13)12-5-6-17-8-12/h5-6,8,10-11,14-15H,1,3-4,7H2,2H3/t10-,11+,14-,15-/m1/s1. The third-order valence-corrected chi connectivity index (χ3v) is 5.85. The van der Waals surface area contributed by atoms with E-state index < -0.39 is 0 Å². The molecule has 0 N–H and O–H groups in total. The maximum absolute atomic E-state index is 4.23. The lowest BCUT2D eigenvalue weighted by Crippen LogP contribution is -2.35. The maximum atomic E-state index is 4.23. The topological polar surface area (TPSA) is 0 Å². The second-order valence-corrected chi connectivity index (χ2v) is 6.78. The molecule has 3 aliphatic carbocycles. The van der Waals surface area contributed by atoms with Gasteiger partial charge < -0.3 is 0 Å². The molecule has 0 nitrogen and oxygen atoms in total. The van der Waals surface area contributed by atoms with Gasteiger partial charge in [0, 0.05) is 0 Å². The Labute approximate surface area is 107 Å². The van der Waals surface area contributed by atoms with Crippen molar-refractivity contribution in [3.8, 4) is 0 Å². The molecule has 0 radical (unpaired) electrons. The predicted molar refractivity (Wildman–Crippen MR) is 73.9 cm³/mol. The Bertz CT molecular complexity index is 506. The van der Waals surface area contributed by atoms with E-state index >= 15 is 0 Å². The van der Waals surface area contributed by atoms with Crippen molar-refractivity contribution in [3.05, 3.63) is 40.1 Å². The molecule has 0 aliphatic heterocycles. The summed E-state index contributed by atoms with van der Waals surface area (Å²) in [5, 5.41) is 4.53. The smallest absolute Gasteiger partial charge is 0.00178 e. The van der Waals surface area contributed by atoms with Crippen molar-refractivity contribution in [1.29, 1.82) is 0 Å². The highest BCUT2D eigenvalue weighted by molar-refractivity contribution is 7.08. The Morgan fingerprint density at radius 2 is 2.06 bits per heavy atom. The first-order chi connectivity index (χ1) is 8.27. The van der Waals surface area contributed by atoms with Gasteiger partial charge in [-0.1, -0.05) is 12.2 Å². The molecule has 1 aromatic rings. The first-order valence-electron chi connectivity index (χ1n) is 6.70. The molecular formula is C16H18S. The zero-order valence-electron chi connectivity index (χ0n) is 10.3. The van der Waals surface area contributed by atoms with Crippen LogP contribution >= 0.6 is 11.3 Å². The Morgan fingerprint density at radius 1 is 1.29 bits per heavy atom. The third kappa shape index (κ3) is 1.18. The minimum absolute atomic E-state index is 0.876. The van der Waals surface area contributed by atoms with Crippen molar-refractivity contribution in [2.24, 2.45) is 23.7 Å². The molecule has 0 saturated heterocycles. The highest BCUT2D eigenvalue weighted by atomic mass is 32.1. The summed E-state index contributed by atoms with van der Waals surface area (Å²) >= 11 is 1.82. The number of fused-ring (bicyclic) bond motifs is 5. The van der Waals surface area contributed by atoms with E-state index in [1.165, 1.54) is 30.4 Å². The fourth-order valence-corrected chi connectivity index (χ4v) is 5.32. The summed E-state index contributed by atoms with van der Waals surface area (Å²) < 4.78 is 0. The molecule has 0 unspecified atom stereocenters. The Kier molecular flexibility index (Phi) is 2.00. The summed E-state index contributed by atoms with van der Waals surface area (Å²) in [6, 6.07) is 2.30. The van der Waals surface area contributed by atoms with E-state index in [4.69, 9.17) is 0 Å². The van der Waals surface area contributed by atoms with Gasteiger partial charge in [-0.3, -0.25) is 0 Å². The highest BCUT2D eigenvalue weighted by Crippen LogP contribution is 2.67.